The van der Waals surface area contributed by atoms with E-state index < -0.39 is 0 Å². The van der Waals surface area contributed by atoms with Crippen LogP contribution in [0.5, 0.6) is 0 Å². The van der Waals surface area contributed by atoms with Crippen molar-refractivity contribution in [2.45, 2.75) is 12.8 Å². The standard InChI is InChI=1S/C6H13N3/c1-9(2)8-6-4-3-5-7-6/h3-5H2,1-2H3,(H,7,8). The molecule has 3 heteroatoms. The number of nitrogens with zero attached hydrogens (tertiary/aromatic N) is 2. The van der Waals surface area contributed by atoms with Crippen LogP contribution in [0.4, 0.5) is 0 Å². The molecule has 1 N–H and O–H groups in total. The molecule has 0 saturated carbocycles. The molecule has 0 bridgehead atoms. The van der Waals surface area contributed by atoms with Gasteiger partial charge in [0.25, 0.3) is 0 Å². The highest BCUT2D eigenvalue weighted by Crippen LogP contribution is 2.00. The first kappa shape index (κ1) is 6.55. The zero-order chi connectivity index (χ0) is 6.69. The Morgan fingerprint density at radius 3 is 2.78 bits per heavy atom. The predicted octanol–water partition coefficient (Wildman–Crippen LogP) is 0.245. The van der Waals surface area contributed by atoms with E-state index in [0.717, 1.165) is 18.8 Å². The van der Waals surface area contributed by atoms with Crippen LogP contribution in [0.2, 0.25) is 0 Å². The van der Waals surface area contributed by atoms with E-state index in [1.807, 2.05) is 19.1 Å². The minimum Gasteiger partial charge on any atom is -0.307 e. The molecule has 0 saturated heterocycles. The normalized spacial score (nSPS) is 18.3. The predicted molar refractivity (Wildman–Crippen MR) is 38.4 cm³/mol. The van der Waals surface area contributed by atoms with Gasteiger partial charge in [-0.2, -0.15) is 0 Å². The Morgan fingerprint density at radius 2 is 2.33 bits per heavy atom. The fraction of sp³-hybridized carbons (Fsp3) is 0.833. The minimum absolute atomic E-state index is 0.996. The second-order valence-corrected chi connectivity index (χ2v) is 2.44. The van der Waals surface area contributed by atoms with Crippen LogP contribution in [-0.4, -0.2) is 31.5 Å². The maximum atomic E-state index is 4.24. The van der Waals surface area contributed by atoms with Crippen LogP contribution in [-0.2, 0) is 0 Å². The zero-order valence-electron chi connectivity index (χ0n) is 6.02. The molecule has 0 aliphatic carbocycles. The van der Waals surface area contributed by atoms with Crippen LogP contribution in [0.25, 0.3) is 0 Å². The fourth-order valence-corrected chi connectivity index (χ4v) is 0.889. The Bertz CT molecular complexity index is 117. The summed E-state index contributed by atoms with van der Waals surface area (Å²) in [6, 6.07) is 0. The Morgan fingerprint density at radius 1 is 1.56 bits per heavy atom. The third kappa shape index (κ3) is 2.01. The molecular formula is C6H13N3. The second kappa shape index (κ2) is 2.82. The summed E-state index contributed by atoms with van der Waals surface area (Å²) in [6.07, 6.45) is 2.31. The Balaban J connectivity index is 2.26. The van der Waals surface area contributed by atoms with Gasteiger partial charge < -0.3 is 5.43 Å². The summed E-state index contributed by atoms with van der Waals surface area (Å²) in [5.41, 5.74) is 3.12. The highest BCUT2D eigenvalue weighted by molar-refractivity contribution is 5.82. The fourth-order valence-electron chi connectivity index (χ4n) is 0.889. The molecule has 0 spiro atoms. The first-order chi connectivity index (χ1) is 4.29. The number of nitrogens with one attached hydrogen (secondary N) is 1. The minimum atomic E-state index is 0.996. The van der Waals surface area contributed by atoms with E-state index in [2.05, 4.69) is 10.4 Å². The van der Waals surface area contributed by atoms with Crippen molar-refractivity contribution in [3.05, 3.63) is 0 Å². The lowest BCUT2D eigenvalue weighted by atomic mass is 10.3. The summed E-state index contributed by atoms with van der Waals surface area (Å²) in [4.78, 5) is 4.24. The van der Waals surface area contributed by atoms with Crippen molar-refractivity contribution in [2.75, 3.05) is 20.6 Å². The molecule has 0 unspecified atom stereocenters. The van der Waals surface area contributed by atoms with Crippen molar-refractivity contribution in [3.8, 4) is 0 Å². The molecule has 0 atom stereocenters. The third-order valence-corrected chi connectivity index (χ3v) is 1.23. The van der Waals surface area contributed by atoms with Gasteiger partial charge in [-0.05, 0) is 6.42 Å². The molecular weight excluding hydrogens is 114 g/mol. The van der Waals surface area contributed by atoms with Crippen molar-refractivity contribution in [1.82, 2.24) is 10.4 Å². The molecule has 1 rings (SSSR count). The maximum absolute atomic E-state index is 4.24. The molecule has 3 nitrogen and oxygen atoms in total. The van der Waals surface area contributed by atoms with Crippen molar-refractivity contribution >= 4 is 5.84 Å². The monoisotopic (exact) mass is 127 g/mol. The quantitative estimate of drug-likeness (QED) is 0.511. The number of rotatable bonds is 1. The average Bonchev–Trinajstić information content (AvgIpc) is 2.15. The van der Waals surface area contributed by atoms with Crippen LogP contribution < -0.4 is 5.43 Å². The highest BCUT2D eigenvalue weighted by atomic mass is 15.5. The first-order valence-corrected chi connectivity index (χ1v) is 3.26. The third-order valence-electron chi connectivity index (χ3n) is 1.23. The van der Waals surface area contributed by atoms with E-state index in [1.165, 1.54) is 6.42 Å². The van der Waals surface area contributed by atoms with Gasteiger partial charge in [0.05, 0.1) is 0 Å². The van der Waals surface area contributed by atoms with E-state index in [-0.39, 0.29) is 0 Å². The van der Waals surface area contributed by atoms with Crippen LogP contribution in [0.1, 0.15) is 12.8 Å². The summed E-state index contributed by atoms with van der Waals surface area (Å²) >= 11 is 0. The van der Waals surface area contributed by atoms with Gasteiger partial charge in [0.15, 0.2) is 0 Å². The lowest BCUT2D eigenvalue weighted by molar-refractivity contribution is 0.360. The number of hydrazine groups is 1. The molecule has 0 amide bonds. The molecule has 1 aliphatic rings. The van der Waals surface area contributed by atoms with E-state index >= 15 is 0 Å². The summed E-state index contributed by atoms with van der Waals surface area (Å²) in [5, 5.41) is 1.92. The molecule has 52 valence electrons. The molecule has 1 heterocycles. The molecule has 9 heavy (non-hydrogen) atoms. The maximum Gasteiger partial charge on any atom is 0.111 e. The van der Waals surface area contributed by atoms with Gasteiger partial charge in [0.2, 0.25) is 0 Å². The second-order valence-electron chi connectivity index (χ2n) is 2.44. The van der Waals surface area contributed by atoms with Gasteiger partial charge in [-0.3, -0.25) is 4.99 Å². The van der Waals surface area contributed by atoms with Gasteiger partial charge in [-0.1, -0.05) is 0 Å². The van der Waals surface area contributed by atoms with Crippen LogP contribution in [0, 0.1) is 0 Å². The molecule has 0 aromatic rings. The molecule has 0 aromatic carbocycles. The lowest BCUT2D eigenvalue weighted by Crippen LogP contribution is -2.34. The van der Waals surface area contributed by atoms with Crippen LogP contribution in [0.3, 0.4) is 0 Å². The number of aliphatic imine (C=N–C) groups is 1. The van der Waals surface area contributed by atoms with E-state index in [1.54, 1.807) is 0 Å². The molecule has 0 radical (unpaired) electrons. The first-order valence-electron chi connectivity index (χ1n) is 3.26. The average molecular weight is 127 g/mol. The van der Waals surface area contributed by atoms with Gasteiger partial charge in [-0.25, -0.2) is 5.01 Å². The smallest absolute Gasteiger partial charge is 0.111 e. The van der Waals surface area contributed by atoms with E-state index in [4.69, 9.17) is 0 Å². The Hall–Kier alpha value is -0.570. The van der Waals surface area contributed by atoms with Crippen molar-refractivity contribution in [1.29, 1.82) is 0 Å². The summed E-state index contributed by atoms with van der Waals surface area (Å²) < 4.78 is 0. The van der Waals surface area contributed by atoms with Gasteiger partial charge >= 0.3 is 0 Å². The highest BCUT2D eigenvalue weighted by Gasteiger charge is 2.04. The summed E-state index contributed by atoms with van der Waals surface area (Å²) in [5.74, 6) is 1.13. The lowest BCUT2D eigenvalue weighted by Gasteiger charge is -2.11. The Labute approximate surface area is 55.7 Å². The van der Waals surface area contributed by atoms with Crippen molar-refractivity contribution in [2.24, 2.45) is 4.99 Å². The number of hydrogen-bond donors (Lipinski definition) is 1. The topological polar surface area (TPSA) is 27.6 Å². The SMILES string of the molecule is CN(C)NC1=NCCC1. The van der Waals surface area contributed by atoms with Gasteiger partial charge in [-0.15, -0.1) is 0 Å². The van der Waals surface area contributed by atoms with Crippen molar-refractivity contribution in [3.63, 3.8) is 0 Å². The van der Waals surface area contributed by atoms with Crippen molar-refractivity contribution < 1.29 is 0 Å². The summed E-state index contributed by atoms with van der Waals surface area (Å²) in [6.45, 7) is 0.996. The molecule has 0 fully saturated rings. The van der Waals surface area contributed by atoms with Crippen LogP contribution in [0.15, 0.2) is 4.99 Å². The number of hydrogen-bond acceptors (Lipinski definition) is 3. The van der Waals surface area contributed by atoms with E-state index in [0.29, 0.717) is 0 Å². The van der Waals surface area contributed by atoms with Gasteiger partial charge in [0.1, 0.15) is 5.84 Å². The zero-order valence-corrected chi connectivity index (χ0v) is 6.02. The van der Waals surface area contributed by atoms with E-state index in [9.17, 15) is 0 Å². The van der Waals surface area contributed by atoms with Crippen LogP contribution >= 0.6 is 0 Å². The molecule has 0 aromatic heterocycles. The Kier molecular flexibility index (Phi) is 2.05. The van der Waals surface area contributed by atoms with Gasteiger partial charge in [0, 0.05) is 27.1 Å². The number of amidine groups is 1. The molecule has 1 aliphatic heterocycles. The summed E-state index contributed by atoms with van der Waals surface area (Å²) in [7, 11) is 3.95. The largest absolute Gasteiger partial charge is 0.307 e.